The molecule has 3 heterocycles. The van der Waals surface area contributed by atoms with E-state index in [1.165, 1.54) is 12.1 Å². The minimum absolute atomic E-state index is 0.190. The van der Waals surface area contributed by atoms with E-state index in [0.29, 0.717) is 11.4 Å². The Kier molecular flexibility index (Phi) is 3.65. The van der Waals surface area contributed by atoms with E-state index in [-0.39, 0.29) is 5.91 Å². The van der Waals surface area contributed by atoms with Crippen molar-refractivity contribution in [3.05, 3.63) is 59.5 Å². The van der Waals surface area contributed by atoms with Gasteiger partial charge < -0.3 is 5.32 Å². The van der Waals surface area contributed by atoms with Crippen molar-refractivity contribution in [1.82, 2.24) is 19.6 Å². The first kappa shape index (κ1) is 14.7. The molecule has 0 saturated heterocycles. The Balaban J connectivity index is 1.53. The number of hydrogen-bond donors (Lipinski definition) is 1. The Morgan fingerprint density at radius 2 is 2.12 bits per heavy atom. The van der Waals surface area contributed by atoms with Crippen LogP contribution in [0.3, 0.4) is 0 Å². The van der Waals surface area contributed by atoms with E-state index in [0.717, 1.165) is 30.6 Å². The SMILES string of the molecule is Cc1ccccc1-n1cc(C(=O)Nc2cc3n(n2)CCCC3)cn1. The Morgan fingerprint density at radius 3 is 2.96 bits per heavy atom. The molecule has 3 aromatic rings. The highest BCUT2D eigenvalue weighted by Crippen LogP contribution is 2.19. The number of aryl methyl sites for hydroxylation is 3. The van der Waals surface area contributed by atoms with Gasteiger partial charge >= 0.3 is 0 Å². The highest BCUT2D eigenvalue weighted by atomic mass is 16.1. The van der Waals surface area contributed by atoms with Crippen LogP contribution >= 0.6 is 0 Å². The molecule has 6 heteroatoms. The summed E-state index contributed by atoms with van der Waals surface area (Å²) in [5.74, 6) is 0.422. The lowest BCUT2D eigenvalue weighted by Gasteiger charge is -2.11. The zero-order chi connectivity index (χ0) is 16.5. The second kappa shape index (κ2) is 5.96. The zero-order valence-electron chi connectivity index (χ0n) is 13.6. The maximum atomic E-state index is 12.4. The van der Waals surface area contributed by atoms with E-state index in [1.807, 2.05) is 41.9 Å². The zero-order valence-corrected chi connectivity index (χ0v) is 13.6. The molecule has 24 heavy (non-hydrogen) atoms. The van der Waals surface area contributed by atoms with Gasteiger partial charge in [0.1, 0.15) is 0 Å². The molecular weight excluding hydrogens is 302 g/mol. The summed E-state index contributed by atoms with van der Waals surface area (Å²) >= 11 is 0. The molecule has 0 bridgehead atoms. The van der Waals surface area contributed by atoms with E-state index in [2.05, 4.69) is 15.5 Å². The summed E-state index contributed by atoms with van der Waals surface area (Å²) in [5, 5.41) is 11.6. The Morgan fingerprint density at radius 1 is 1.25 bits per heavy atom. The number of hydrogen-bond acceptors (Lipinski definition) is 3. The van der Waals surface area contributed by atoms with Gasteiger partial charge in [0.15, 0.2) is 5.82 Å². The molecule has 1 amide bonds. The molecule has 122 valence electrons. The van der Waals surface area contributed by atoms with Crippen molar-refractivity contribution in [3.63, 3.8) is 0 Å². The molecule has 0 atom stereocenters. The summed E-state index contributed by atoms with van der Waals surface area (Å²) in [5.41, 5.74) is 3.78. The monoisotopic (exact) mass is 321 g/mol. The molecule has 0 fully saturated rings. The lowest BCUT2D eigenvalue weighted by Crippen LogP contribution is -2.13. The fraction of sp³-hybridized carbons (Fsp3) is 0.278. The van der Waals surface area contributed by atoms with Crippen LogP contribution in [0.15, 0.2) is 42.7 Å². The van der Waals surface area contributed by atoms with Gasteiger partial charge in [-0.15, -0.1) is 0 Å². The van der Waals surface area contributed by atoms with Gasteiger partial charge in [-0.1, -0.05) is 18.2 Å². The number of para-hydroxylation sites is 1. The number of carbonyl (C=O) groups excluding carboxylic acids is 1. The summed E-state index contributed by atoms with van der Waals surface area (Å²) in [4.78, 5) is 12.4. The summed E-state index contributed by atoms with van der Waals surface area (Å²) in [6.07, 6.45) is 6.67. The Hall–Kier alpha value is -2.89. The molecule has 4 rings (SSSR count). The minimum Gasteiger partial charge on any atom is -0.305 e. The normalized spacial score (nSPS) is 13.5. The van der Waals surface area contributed by atoms with Crippen LogP contribution < -0.4 is 5.32 Å². The van der Waals surface area contributed by atoms with Crippen molar-refractivity contribution in [2.24, 2.45) is 0 Å². The molecule has 1 aromatic carbocycles. The van der Waals surface area contributed by atoms with Gasteiger partial charge in [-0.05, 0) is 37.8 Å². The number of nitrogens with zero attached hydrogens (tertiary/aromatic N) is 4. The van der Waals surface area contributed by atoms with Crippen LogP contribution in [0.4, 0.5) is 5.82 Å². The number of nitrogens with one attached hydrogen (secondary N) is 1. The molecule has 1 aliphatic heterocycles. The van der Waals surface area contributed by atoms with Crippen molar-refractivity contribution in [3.8, 4) is 5.69 Å². The maximum absolute atomic E-state index is 12.4. The number of anilines is 1. The van der Waals surface area contributed by atoms with Crippen LogP contribution in [0.2, 0.25) is 0 Å². The number of amides is 1. The molecule has 1 aliphatic rings. The van der Waals surface area contributed by atoms with Gasteiger partial charge in [0.2, 0.25) is 0 Å². The lowest BCUT2D eigenvalue weighted by atomic mass is 10.1. The highest BCUT2D eigenvalue weighted by Gasteiger charge is 2.15. The van der Waals surface area contributed by atoms with Crippen molar-refractivity contribution < 1.29 is 4.79 Å². The van der Waals surface area contributed by atoms with E-state index >= 15 is 0 Å². The van der Waals surface area contributed by atoms with Gasteiger partial charge in [-0.25, -0.2) is 4.68 Å². The van der Waals surface area contributed by atoms with E-state index in [1.54, 1.807) is 17.1 Å². The van der Waals surface area contributed by atoms with Crippen LogP contribution in [-0.4, -0.2) is 25.5 Å². The average Bonchev–Trinajstić information content (AvgIpc) is 3.21. The van der Waals surface area contributed by atoms with Crippen LogP contribution in [0.1, 0.15) is 34.5 Å². The molecule has 6 nitrogen and oxygen atoms in total. The predicted molar refractivity (Wildman–Crippen MR) is 91.4 cm³/mol. The average molecular weight is 321 g/mol. The number of benzene rings is 1. The van der Waals surface area contributed by atoms with Gasteiger partial charge in [0.25, 0.3) is 5.91 Å². The van der Waals surface area contributed by atoms with E-state index in [4.69, 9.17) is 0 Å². The topological polar surface area (TPSA) is 64.7 Å². The first-order valence-electron chi connectivity index (χ1n) is 8.19. The molecule has 0 unspecified atom stereocenters. The van der Waals surface area contributed by atoms with Crippen LogP contribution in [-0.2, 0) is 13.0 Å². The van der Waals surface area contributed by atoms with E-state index < -0.39 is 0 Å². The third-order valence-electron chi connectivity index (χ3n) is 4.36. The summed E-state index contributed by atoms with van der Waals surface area (Å²) < 4.78 is 3.71. The molecular formula is C18H19N5O. The Labute approximate surface area is 140 Å². The fourth-order valence-corrected chi connectivity index (χ4v) is 3.06. The first-order valence-corrected chi connectivity index (χ1v) is 8.19. The summed E-state index contributed by atoms with van der Waals surface area (Å²) in [7, 11) is 0. The number of carbonyl (C=O) groups is 1. The smallest absolute Gasteiger partial charge is 0.260 e. The van der Waals surface area contributed by atoms with Gasteiger partial charge in [-0.3, -0.25) is 9.48 Å². The molecule has 0 radical (unpaired) electrons. The first-order chi connectivity index (χ1) is 11.7. The van der Waals surface area contributed by atoms with Crippen LogP contribution in [0, 0.1) is 6.92 Å². The second-order valence-corrected chi connectivity index (χ2v) is 6.12. The predicted octanol–water partition coefficient (Wildman–Crippen LogP) is 2.97. The molecule has 0 aliphatic carbocycles. The molecule has 1 N–H and O–H groups in total. The van der Waals surface area contributed by atoms with Crippen molar-refractivity contribution in [1.29, 1.82) is 0 Å². The Bertz CT molecular complexity index is 869. The molecule has 0 saturated carbocycles. The molecule has 2 aromatic heterocycles. The third kappa shape index (κ3) is 2.71. The van der Waals surface area contributed by atoms with Crippen molar-refractivity contribution >= 4 is 11.7 Å². The van der Waals surface area contributed by atoms with Gasteiger partial charge in [0.05, 0.1) is 17.4 Å². The van der Waals surface area contributed by atoms with Crippen LogP contribution in [0.5, 0.6) is 0 Å². The fourth-order valence-electron chi connectivity index (χ4n) is 3.06. The standard InChI is InChI=1S/C18H19N5O/c1-13-6-2-3-8-16(13)23-12-14(11-19-23)18(24)20-17-10-15-7-4-5-9-22(15)21-17/h2-3,6,8,10-12H,4-5,7,9H2,1H3,(H,20,21,24). The maximum Gasteiger partial charge on any atom is 0.260 e. The van der Waals surface area contributed by atoms with Crippen molar-refractivity contribution in [2.45, 2.75) is 32.7 Å². The molecule has 0 spiro atoms. The van der Waals surface area contributed by atoms with Gasteiger partial charge in [-0.2, -0.15) is 10.2 Å². The van der Waals surface area contributed by atoms with Crippen LogP contribution in [0.25, 0.3) is 5.69 Å². The quantitative estimate of drug-likeness (QED) is 0.806. The minimum atomic E-state index is -0.190. The lowest BCUT2D eigenvalue weighted by molar-refractivity contribution is 0.102. The summed E-state index contributed by atoms with van der Waals surface area (Å²) in [6, 6.07) is 9.90. The van der Waals surface area contributed by atoms with E-state index in [9.17, 15) is 4.79 Å². The number of rotatable bonds is 3. The third-order valence-corrected chi connectivity index (χ3v) is 4.36. The summed E-state index contributed by atoms with van der Waals surface area (Å²) in [6.45, 7) is 2.95. The highest BCUT2D eigenvalue weighted by molar-refractivity contribution is 6.03. The van der Waals surface area contributed by atoms with Crippen molar-refractivity contribution in [2.75, 3.05) is 5.32 Å². The van der Waals surface area contributed by atoms with Gasteiger partial charge in [0, 0.05) is 24.5 Å². The largest absolute Gasteiger partial charge is 0.305 e. The number of fused-ring (bicyclic) bond motifs is 1. The number of aromatic nitrogens is 4. The second-order valence-electron chi connectivity index (χ2n) is 6.12.